The van der Waals surface area contributed by atoms with Crippen LogP contribution in [0.15, 0.2) is 63.9 Å². The standard InChI is InChI=1S/C25H23Cl2FN4O4S/c1-3-32(4-2)37(33,34)20-8-5-15(6-9-20)25-31-30-22(36-25)11-16-7-10-21(27)24(23(16)28)35-19-13-17(26)12-18(29)14-19/h5-10,12-14H,3-4,11,29H2,1-2H3. The molecule has 0 saturated heterocycles. The molecular formula is C25H23Cl2FN4O4S. The molecule has 37 heavy (non-hydrogen) atoms. The summed E-state index contributed by atoms with van der Waals surface area (Å²) in [7, 11) is -3.59. The van der Waals surface area contributed by atoms with Gasteiger partial charge in [0.2, 0.25) is 21.8 Å². The largest absolute Gasteiger partial charge is 0.453 e. The Hall–Kier alpha value is -3.18. The van der Waals surface area contributed by atoms with E-state index in [2.05, 4.69) is 10.2 Å². The van der Waals surface area contributed by atoms with Gasteiger partial charge in [0.05, 0.1) is 16.3 Å². The van der Waals surface area contributed by atoms with Crippen LogP contribution >= 0.6 is 23.2 Å². The number of halogens is 3. The number of hydrogen-bond acceptors (Lipinski definition) is 7. The maximum atomic E-state index is 15.3. The van der Waals surface area contributed by atoms with Gasteiger partial charge in [-0.3, -0.25) is 0 Å². The van der Waals surface area contributed by atoms with Crippen LogP contribution < -0.4 is 10.5 Å². The normalized spacial score (nSPS) is 11.7. The van der Waals surface area contributed by atoms with E-state index >= 15 is 4.39 Å². The number of nitrogen functional groups attached to an aromatic ring is 1. The maximum absolute atomic E-state index is 15.3. The number of benzene rings is 3. The van der Waals surface area contributed by atoms with Crippen LogP contribution in [0.4, 0.5) is 10.1 Å². The number of nitrogens with zero attached hydrogens (tertiary/aromatic N) is 3. The molecule has 0 aliphatic rings. The van der Waals surface area contributed by atoms with Gasteiger partial charge in [-0.05, 0) is 42.5 Å². The van der Waals surface area contributed by atoms with Crippen molar-refractivity contribution in [3.63, 3.8) is 0 Å². The number of rotatable bonds is 9. The number of ether oxygens (including phenoxy) is 1. The fourth-order valence-electron chi connectivity index (χ4n) is 3.65. The van der Waals surface area contributed by atoms with Crippen molar-refractivity contribution in [3.05, 3.63) is 81.9 Å². The van der Waals surface area contributed by atoms with Crippen LogP contribution in [0.1, 0.15) is 25.3 Å². The maximum Gasteiger partial charge on any atom is 0.247 e. The van der Waals surface area contributed by atoms with Crippen molar-refractivity contribution >= 4 is 38.9 Å². The molecule has 0 saturated carbocycles. The average molecular weight is 565 g/mol. The third-order valence-electron chi connectivity index (χ3n) is 5.50. The van der Waals surface area contributed by atoms with E-state index in [1.54, 1.807) is 26.0 Å². The van der Waals surface area contributed by atoms with E-state index in [1.807, 2.05) is 0 Å². The average Bonchev–Trinajstić information content (AvgIpc) is 3.32. The zero-order chi connectivity index (χ0) is 26.7. The molecule has 0 aliphatic carbocycles. The Bertz CT molecular complexity index is 1500. The third-order valence-corrected chi connectivity index (χ3v) is 8.08. The molecule has 0 unspecified atom stereocenters. The number of anilines is 1. The summed E-state index contributed by atoms with van der Waals surface area (Å²) in [6, 6.07) is 13.6. The Labute approximate surface area is 223 Å². The Kier molecular flexibility index (Phi) is 8.03. The molecule has 194 valence electrons. The molecule has 1 heterocycles. The van der Waals surface area contributed by atoms with E-state index in [4.69, 9.17) is 38.1 Å². The third kappa shape index (κ3) is 5.88. The highest BCUT2D eigenvalue weighted by Gasteiger charge is 2.22. The number of hydrogen-bond donors (Lipinski definition) is 1. The zero-order valence-corrected chi connectivity index (χ0v) is 22.2. The van der Waals surface area contributed by atoms with Crippen molar-refractivity contribution < 1.29 is 22.0 Å². The lowest BCUT2D eigenvalue weighted by Crippen LogP contribution is -2.30. The first-order valence-electron chi connectivity index (χ1n) is 11.3. The lowest BCUT2D eigenvalue weighted by Gasteiger charge is -2.18. The van der Waals surface area contributed by atoms with Crippen molar-refractivity contribution in [3.8, 4) is 23.0 Å². The molecule has 0 aliphatic heterocycles. The van der Waals surface area contributed by atoms with Crippen LogP contribution in [0.5, 0.6) is 11.5 Å². The van der Waals surface area contributed by atoms with Gasteiger partial charge >= 0.3 is 0 Å². The highest BCUT2D eigenvalue weighted by Crippen LogP contribution is 2.36. The Morgan fingerprint density at radius 2 is 1.73 bits per heavy atom. The fourth-order valence-corrected chi connectivity index (χ4v) is 5.53. The van der Waals surface area contributed by atoms with Gasteiger partial charge in [-0.25, -0.2) is 12.8 Å². The smallest absolute Gasteiger partial charge is 0.247 e. The minimum atomic E-state index is -3.59. The highest BCUT2D eigenvalue weighted by atomic mass is 35.5. The molecule has 0 radical (unpaired) electrons. The molecule has 0 spiro atoms. The highest BCUT2D eigenvalue weighted by molar-refractivity contribution is 7.89. The number of aromatic nitrogens is 2. The van der Waals surface area contributed by atoms with Gasteiger partial charge in [0.25, 0.3) is 0 Å². The number of sulfonamides is 1. The molecular weight excluding hydrogens is 542 g/mol. The van der Waals surface area contributed by atoms with Gasteiger partial charge < -0.3 is 14.9 Å². The monoisotopic (exact) mass is 564 g/mol. The second-order valence-corrected chi connectivity index (χ2v) is 10.7. The summed E-state index contributed by atoms with van der Waals surface area (Å²) in [6.07, 6.45) is -0.0293. The Morgan fingerprint density at radius 1 is 1.03 bits per heavy atom. The molecule has 12 heteroatoms. The molecule has 0 bridgehead atoms. The van der Waals surface area contributed by atoms with E-state index in [0.29, 0.717) is 29.4 Å². The van der Waals surface area contributed by atoms with Gasteiger partial charge in [-0.15, -0.1) is 10.2 Å². The van der Waals surface area contributed by atoms with Crippen LogP contribution in [-0.4, -0.2) is 36.0 Å². The summed E-state index contributed by atoms with van der Waals surface area (Å²) >= 11 is 12.2. The molecule has 4 rings (SSSR count). The molecule has 0 fully saturated rings. The van der Waals surface area contributed by atoms with Crippen LogP contribution in [0, 0.1) is 5.82 Å². The first-order chi connectivity index (χ1) is 17.6. The lowest BCUT2D eigenvalue weighted by molar-refractivity contribution is 0.437. The van der Waals surface area contributed by atoms with E-state index < -0.39 is 15.8 Å². The summed E-state index contributed by atoms with van der Waals surface area (Å²) in [4.78, 5) is 0.164. The predicted octanol–water partition coefficient (Wildman–Crippen LogP) is 6.18. The summed E-state index contributed by atoms with van der Waals surface area (Å²) in [6.45, 7) is 4.30. The summed E-state index contributed by atoms with van der Waals surface area (Å²) in [5.41, 5.74) is 6.87. The van der Waals surface area contributed by atoms with Crippen LogP contribution in [-0.2, 0) is 16.4 Å². The predicted molar refractivity (Wildman–Crippen MR) is 140 cm³/mol. The van der Waals surface area contributed by atoms with E-state index in [1.165, 1.54) is 46.8 Å². The molecule has 0 amide bonds. The first-order valence-corrected chi connectivity index (χ1v) is 13.5. The first kappa shape index (κ1) is 26.9. The molecule has 4 aromatic rings. The van der Waals surface area contributed by atoms with Crippen molar-refractivity contribution in [2.24, 2.45) is 0 Å². The van der Waals surface area contributed by atoms with E-state index in [-0.39, 0.29) is 45.2 Å². The van der Waals surface area contributed by atoms with Gasteiger partial charge in [0.1, 0.15) is 5.75 Å². The van der Waals surface area contributed by atoms with Crippen LogP contribution in [0.25, 0.3) is 11.5 Å². The van der Waals surface area contributed by atoms with Crippen LogP contribution in [0.2, 0.25) is 10.0 Å². The SMILES string of the molecule is CCN(CC)S(=O)(=O)c1ccc(-c2nnc(Cc3ccc(Cl)c(Oc4cc(N)cc(Cl)c4)c3F)o2)cc1. The number of nitrogens with two attached hydrogens (primary N) is 1. The van der Waals surface area contributed by atoms with Gasteiger partial charge in [-0.2, -0.15) is 4.31 Å². The lowest BCUT2D eigenvalue weighted by atomic mass is 10.1. The minimum Gasteiger partial charge on any atom is -0.453 e. The second kappa shape index (κ2) is 11.1. The summed E-state index contributed by atoms with van der Waals surface area (Å²) in [5, 5.41) is 8.40. The van der Waals surface area contributed by atoms with Crippen molar-refractivity contribution in [1.82, 2.24) is 14.5 Å². The topological polar surface area (TPSA) is 112 Å². The Balaban J connectivity index is 1.54. The van der Waals surface area contributed by atoms with Crippen LogP contribution in [0.3, 0.4) is 0 Å². The quantitative estimate of drug-likeness (QED) is 0.241. The summed E-state index contributed by atoms with van der Waals surface area (Å²) < 4.78 is 53.4. The molecule has 2 N–H and O–H groups in total. The molecule has 8 nitrogen and oxygen atoms in total. The second-order valence-electron chi connectivity index (χ2n) is 7.96. The Morgan fingerprint density at radius 3 is 2.38 bits per heavy atom. The minimum absolute atomic E-state index is 0.0293. The van der Waals surface area contributed by atoms with Crippen molar-refractivity contribution in [2.45, 2.75) is 25.2 Å². The zero-order valence-electron chi connectivity index (χ0n) is 19.9. The summed E-state index contributed by atoms with van der Waals surface area (Å²) in [5.74, 6) is -0.340. The van der Waals surface area contributed by atoms with Crippen molar-refractivity contribution in [2.75, 3.05) is 18.8 Å². The van der Waals surface area contributed by atoms with Crippen molar-refractivity contribution in [1.29, 1.82) is 0 Å². The molecule has 0 atom stereocenters. The fraction of sp³-hybridized carbons (Fsp3) is 0.200. The van der Waals surface area contributed by atoms with E-state index in [0.717, 1.165) is 0 Å². The van der Waals surface area contributed by atoms with E-state index in [9.17, 15) is 8.42 Å². The van der Waals surface area contributed by atoms with Gasteiger partial charge in [-0.1, -0.05) is 43.1 Å². The molecule has 1 aromatic heterocycles. The van der Waals surface area contributed by atoms with Gasteiger partial charge in [0.15, 0.2) is 11.6 Å². The molecule has 3 aromatic carbocycles. The van der Waals surface area contributed by atoms with Gasteiger partial charge in [0, 0.05) is 41.0 Å².